The molecule has 0 saturated heterocycles. The normalized spacial score (nSPS) is 33.2. The number of rotatable bonds is 8. The van der Waals surface area contributed by atoms with E-state index in [4.69, 9.17) is 8.37 Å². The molecule has 6 atom stereocenters. The van der Waals surface area contributed by atoms with Crippen LogP contribution in [0.4, 0.5) is 0 Å². The largest absolute Gasteiger partial charge is 0.299 e. The first-order chi connectivity index (χ1) is 18.6. The van der Waals surface area contributed by atoms with Crippen LogP contribution in [0.3, 0.4) is 0 Å². The average molecular weight is 589 g/mol. The van der Waals surface area contributed by atoms with Crippen molar-refractivity contribution in [1.82, 2.24) is 0 Å². The fourth-order valence-corrected chi connectivity index (χ4v) is 10.2. The Bertz CT molecular complexity index is 1510. The van der Waals surface area contributed by atoms with Crippen molar-refractivity contribution in [3.8, 4) is 0 Å². The van der Waals surface area contributed by atoms with Crippen molar-refractivity contribution in [2.45, 2.75) is 70.6 Å². The highest BCUT2D eigenvalue weighted by atomic mass is 32.2. The molecule has 0 unspecified atom stereocenters. The quantitative estimate of drug-likeness (QED) is 0.365. The number of Topliss-reactive ketones (excluding diaryl/α,β-unsaturated/α-hetero) is 1. The highest BCUT2D eigenvalue weighted by Gasteiger charge is 2.81. The average Bonchev–Trinajstić information content (AvgIpc) is 3.11. The van der Waals surface area contributed by atoms with Gasteiger partial charge in [0.15, 0.2) is 0 Å². The molecule has 2 aromatic rings. The van der Waals surface area contributed by atoms with Crippen LogP contribution < -0.4 is 0 Å². The minimum Gasteiger partial charge on any atom is -0.299 e. The van der Waals surface area contributed by atoms with E-state index in [1.54, 1.807) is 24.3 Å². The van der Waals surface area contributed by atoms with E-state index in [0.29, 0.717) is 5.92 Å². The first-order valence-corrected chi connectivity index (χ1v) is 16.9. The molecule has 7 nitrogen and oxygen atoms in total. The van der Waals surface area contributed by atoms with E-state index in [-0.39, 0.29) is 40.6 Å². The first kappa shape index (κ1) is 29.4. The van der Waals surface area contributed by atoms with Gasteiger partial charge in [-0.05, 0) is 73.6 Å². The molecule has 0 radical (unpaired) electrons. The lowest BCUT2D eigenvalue weighted by Crippen LogP contribution is -2.51. The molecule has 5 rings (SSSR count). The van der Waals surface area contributed by atoms with E-state index in [1.807, 2.05) is 20.8 Å². The minimum absolute atomic E-state index is 0.0503. The van der Waals surface area contributed by atoms with Crippen molar-refractivity contribution >= 4 is 26.0 Å². The molecule has 0 N–H and O–H groups in total. The van der Waals surface area contributed by atoms with E-state index >= 15 is 0 Å². The fourth-order valence-electron chi connectivity index (χ4n) is 8.37. The SMILES string of the molecule is Cc1ccc(S(=O)(=O)OC[C@@H]2[C@H](COS(=O)(=O)c3ccc(C)cc3)[C@@]34CC[C@@H](C)C[C@H]3C(=O)[C@]2(C)C4(C)C)cc1. The molecule has 3 saturated carbocycles. The van der Waals surface area contributed by atoms with Gasteiger partial charge in [0.25, 0.3) is 20.2 Å². The summed E-state index contributed by atoms with van der Waals surface area (Å²) in [6, 6.07) is 12.9. The van der Waals surface area contributed by atoms with Gasteiger partial charge in [-0.3, -0.25) is 13.2 Å². The van der Waals surface area contributed by atoms with Gasteiger partial charge in [0.2, 0.25) is 0 Å². The summed E-state index contributed by atoms with van der Waals surface area (Å²) in [5.41, 5.74) is -0.0616. The zero-order chi connectivity index (χ0) is 29.3. The number of benzene rings is 2. The fraction of sp³-hybridized carbons (Fsp3) is 0.581. The van der Waals surface area contributed by atoms with E-state index in [9.17, 15) is 21.6 Å². The summed E-state index contributed by atoms with van der Waals surface area (Å²) < 4.78 is 64.3. The second-order valence-corrected chi connectivity index (χ2v) is 16.2. The van der Waals surface area contributed by atoms with Crippen LogP contribution in [0.15, 0.2) is 58.3 Å². The number of fused-ring (bicyclic) bond motifs is 1. The predicted molar refractivity (Wildman–Crippen MR) is 151 cm³/mol. The Morgan fingerprint density at radius 2 is 1.23 bits per heavy atom. The highest BCUT2D eigenvalue weighted by Crippen LogP contribution is 2.80. The molecule has 0 aliphatic heterocycles. The lowest BCUT2D eigenvalue weighted by molar-refractivity contribution is -0.143. The topological polar surface area (TPSA) is 104 Å². The maximum Gasteiger partial charge on any atom is 0.296 e. The molecule has 9 heteroatoms. The Kier molecular flexibility index (Phi) is 7.17. The minimum atomic E-state index is -4.09. The number of carbonyl (C=O) groups is 1. The third-order valence-electron chi connectivity index (χ3n) is 10.9. The number of hydrogen-bond acceptors (Lipinski definition) is 7. The van der Waals surface area contributed by atoms with E-state index in [2.05, 4.69) is 20.8 Å². The molecule has 218 valence electrons. The van der Waals surface area contributed by atoms with Crippen LogP contribution >= 0.6 is 0 Å². The van der Waals surface area contributed by atoms with Gasteiger partial charge < -0.3 is 0 Å². The summed E-state index contributed by atoms with van der Waals surface area (Å²) in [7, 11) is -8.15. The van der Waals surface area contributed by atoms with Crippen molar-refractivity contribution in [3.63, 3.8) is 0 Å². The van der Waals surface area contributed by atoms with Gasteiger partial charge in [-0.25, -0.2) is 0 Å². The van der Waals surface area contributed by atoms with Gasteiger partial charge >= 0.3 is 0 Å². The molecule has 3 fully saturated rings. The summed E-state index contributed by atoms with van der Waals surface area (Å²) in [6.07, 6.45) is 2.42. The van der Waals surface area contributed by atoms with Crippen LogP contribution in [0.5, 0.6) is 0 Å². The Balaban J connectivity index is 1.51. The number of carbonyl (C=O) groups excluding carboxylic acids is 1. The van der Waals surface area contributed by atoms with Gasteiger partial charge in [0.05, 0.1) is 23.0 Å². The lowest BCUT2D eigenvalue weighted by Gasteiger charge is -2.51. The summed E-state index contributed by atoms with van der Waals surface area (Å²) in [5.74, 6) is -0.614. The number of hydrogen-bond donors (Lipinski definition) is 0. The maximum absolute atomic E-state index is 14.2. The standard InChI is InChI=1S/C31H40O7S2/c1-20-7-11-23(12-8-20)39(33,34)37-18-26-27(19-38-40(35,36)24-13-9-21(2)10-14-24)31-16-15-22(3)17-25(31)28(32)30(26,6)29(31,4)5/h7-14,22,25-27H,15-19H2,1-6H3/t22-,25+,26-,27+,30-,31-/m1/s1. The first-order valence-electron chi connectivity index (χ1n) is 14.0. The monoisotopic (exact) mass is 588 g/mol. The van der Waals surface area contributed by atoms with Crippen LogP contribution in [0.2, 0.25) is 0 Å². The molecule has 3 aliphatic carbocycles. The van der Waals surface area contributed by atoms with E-state index in [1.165, 1.54) is 24.3 Å². The van der Waals surface area contributed by atoms with Gasteiger partial charge in [-0.1, -0.05) is 69.5 Å². The van der Waals surface area contributed by atoms with Crippen LogP contribution in [-0.4, -0.2) is 35.8 Å². The smallest absolute Gasteiger partial charge is 0.296 e. The molecule has 0 aromatic heterocycles. The maximum atomic E-state index is 14.2. The Morgan fingerprint density at radius 3 is 1.70 bits per heavy atom. The van der Waals surface area contributed by atoms with Crippen molar-refractivity contribution in [2.75, 3.05) is 13.2 Å². The zero-order valence-corrected chi connectivity index (χ0v) is 25.8. The predicted octanol–water partition coefficient (Wildman–Crippen LogP) is 5.70. The van der Waals surface area contributed by atoms with Gasteiger partial charge in [0, 0.05) is 17.3 Å². The Labute approximate surface area is 238 Å². The molecule has 3 aliphatic rings. The highest BCUT2D eigenvalue weighted by molar-refractivity contribution is 7.87. The van der Waals surface area contributed by atoms with Crippen molar-refractivity contribution in [2.24, 2.45) is 39.9 Å². The Morgan fingerprint density at radius 1 is 0.775 bits per heavy atom. The third kappa shape index (κ3) is 4.22. The number of ketones is 1. The molecule has 0 heterocycles. The van der Waals surface area contributed by atoms with Gasteiger partial charge in [0.1, 0.15) is 5.78 Å². The summed E-state index contributed by atoms with van der Waals surface area (Å²) in [4.78, 5) is 14.3. The molecule has 2 aromatic carbocycles. The second kappa shape index (κ2) is 9.75. The number of aryl methyl sites for hydroxylation is 2. The molecule has 2 bridgehead atoms. The van der Waals surface area contributed by atoms with Crippen molar-refractivity contribution < 1.29 is 30.0 Å². The van der Waals surface area contributed by atoms with Crippen molar-refractivity contribution in [3.05, 3.63) is 59.7 Å². The third-order valence-corrected chi connectivity index (χ3v) is 13.5. The summed E-state index contributed by atoms with van der Waals surface area (Å²) in [5, 5.41) is 0. The van der Waals surface area contributed by atoms with Crippen LogP contribution in [0.1, 0.15) is 58.1 Å². The molecular weight excluding hydrogens is 548 g/mol. The van der Waals surface area contributed by atoms with Gasteiger partial charge in [-0.15, -0.1) is 0 Å². The van der Waals surface area contributed by atoms with E-state index < -0.39 is 42.4 Å². The van der Waals surface area contributed by atoms with Crippen LogP contribution in [-0.2, 0) is 33.4 Å². The molecular formula is C31H40O7S2. The zero-order valence-electron chi connectivity index (χ0n) is 24.1. The molecule has 40 heavy (non-hydrogen) atoms. The van der Waals surface area contributed by atoms with E-state index in [0.717, 1.165) is 30.4 Å². The van der Waals surface area contributed by atoms with Crippen LogP contribution in [0.25, 0.3) is 0 Å². The van der Waals surface area contributed by atoms with Crippen molar-refractivity contribution in [1.29, 1.82) is 0 Å². The summed E-state index contributed by atoms with van der Waals surface area (Å²) >= 11 is 0. The molecule has 1 spiro atoms. The molecule has 0 amide bonds. The second-order valence-electron chi connectivity index (χ2n) is 13.0. The summed E-state index contributed by atoms with van der Waals surface area (Å²) in [6.45, 7) is 11.7. The van der Waals surface area contributed by atoms with Gasteiger partial charge in [-0.2, -0.15) is 16.8 Å². The Hall–Kier alpha value is -2.07. The lowest BCUT2D eigenvalue weighted by atomic mass is 9.53. The van der Waals surface area contributed by atoms with Crippen LogP contribution in [0, 0.1) is 53.8 Å².